The van der Waals surface area contributed by atoms with E-state index in [0.29, 0.717) is 17.0 Å². The molecule has 3 heterocycles. The molecule has 0 saturated carbocycles. The number of pyridine rings is 1. The quantitative estimate of drug-likeness (QED) is 0.153. The molecule has 2 aromatic heterocycles. The number of hydrogen-bond acceptors (Lipinski definition) is 5. The third-order valence-corrected chi connectivity index (χ3v) is 7.70. The average Bonchev–Trinajstić information content (AvgIpc) is 3.59. The fourth-order valence-electron chi connectivity index (χ4n) is 4.52. The lowest BCUT2D eigenvalue weighted by molar-refractivity contribution is -0.114. The van der Waals surface area contributed by atoms with E-state index < -0.39 is 0 Å². The number of carbonyl (C=O) groups excluding carboxylic acids is 1. The first-order valence-electron chi connectivity index (χ1n) is 13.2. The van der Waals surface area contributed by atoms with Gasteiger partial charge >= 0.3 is 0 Å². The average molecular weight is 542 g/mol. The van der Waals surface area contributed by atoms with Crippen LogP contribution in [0, 0.1) is 0 Å². The molecule has 0 fully saturated rings. The van der Waals surface area contributed by atoms with Gasteiger partial charge < -0.3 is 0 Å². The van der Waals surface area contributed by atoms with E-state index in [-0.39, 0.29) is 5.91 Å². The predicted octanol–water partition coefficient (Wildman–Crippen LogP) is 7.27. The van der Waals surface area contributed by atoms with Crippen LogP contribution >= 0.6 is 11.8 Å². The van der Waals surface area contributed by atoms with Crippen molar-refractivity contribution in [3.63, 3.8) is 0 Å². The van der Waals surface area contributed by atoms with Crippen LogP contribution in [0.1, 0.15) is 24.5 Å². The van der Waals surface area contributed by atoms with Crippen LogP contribution in [0.5, 0.6) is 0 Å². The van der Waals surface area contributed by atoms with Crippen LogP contribution in [-0.4, -0.2) is 32.1 Å². The van der Waals surface area contributed by atoms with E-state index in [1.165, 1.54) is 9.90 Å². The van der Waals surface area contributed by atoms with Gasteiger partial charge in [0, 0.05) is 40.2 Å². The number of anilines is 1. The van der Waals surface area contributed by atoms with Crippen LogP contribution in [0.3, 0.4) is 0 Å². The standard InChI is InChI=1S/C33H27N5OS/c1-2-20-40-29-17-15-24(16-18-29)31-26(23-37(35-31)27-11-5-3-6-12-27)21-30-32(25-10-9-19-34-22-25)36-38(33(30)39)28-13-7-4-8-14-28/h3-19,21-23H,2,20H2,1H3. The summed E-state index contributed by atoms with van der Waals surface area (Å²) in [7, 11) is 0. The van der Waals surface area contributed by atoms with E-state index in [9.17, 15) is 4.79 Å². The van der Waals surface area contributed by atoms with Gasteiger partial charge in [-0.15, -0.1) is 11.8 Å². The normalized spacial score (nSPS) is 14.1. The van der Waals surface area contributed by atoms with Crippen molar-refractivity contribution in [2.24, 2.45) is 5.10 Å². The molecule has 6 nitrogen and oxygen atoms in total. The highest BCUT2D eigenvalue weighted by molar-refractivity contribution is 7.99. The number of para-hydroxylation sites is 2. The lowest BCUT2D eigenvalue weighted by Crippen LogP contribution is -2.21. The highest BCUT2D eigenvalue weighted by Gasteiger charge is 2.32. The van der Waals surface area contributed by atoms with Gasteiger partial charge in [0.05, 0.1) is 22.6 Å². The van der Waals surface area contributed by atoms with Gasteiger partial charge in [-0.1, -0.05) is 55.5 Å². The Balaban J connectivity index is 1.48. The minimum absolute atomic E-state index is 0.199. The minimum Gasteiger partial charge on any atom is -0.267 e. The van der Waals surface area contributed by atoms with Crippen molar-refractivity contribution < 1.29 is 4.79 Å². The molecule has 0 atom stereocenters. The molecule has 5 aromatic rings. The van der Waals surface area contributed by atoms with Crippen LogP contribution in [-0.2, 0) is 4.79 Å². The summed E-state index contributed by atoms with van der Waals surface area (Å²) >= 11 is 1.84. The number of aromatic nitrogens is 3. The smallest absolute Gasteiger partial charge is 0.267 e. The molecule has 0 unspecified atom stereocenters. The summed E-state index contributed by atoms with van der Waals surface area (Å²) in [5.74, 6) is 0.880. The van der Waals surface area contributed by atoms with Crippen molar-refractivity contribution in [2.45, 2.75) is 18.2 Å². The largest absolute Gasteiger partial charge is 0.281 e. The molecule has 0 saturated heterocycles. The molecular weight excluding hydrogens is 514 g/mol. The maximum absolute atomic E-state index is 13.9. The monoisotopic (exact) mass is 541 g/mol. The van der Waals surface area contributed by atoms with Gasteiger partial charge in [0.25, 0.3) is 5.91 Å². The zero-order valence-electron chi connectivity index (χ0n) is 22.0. The number of hydrogen-bond donors (Lipinski definition) is 0. The number of thioether (sulfide) groups is 1. The number of hydrazone groups is 1. The van der Waals surface area contributed by atoms with Gasteiger partial charge in [-0.05, 0) is 66.8 Å². The Labute approximate surface area is 237 Å². The van der Waals surface area contributed by atoms with Crippen molar-refractivity contribution >= 4 is 35.1 Å². The third kappa shape index (κ3) is 5.24. The lowest BCUT2D eigenvalue weighted by Gasteiger charge is -2.10. The van der Waals surface area contributed by atoms with E-state index in [2.05, 4.69) is 36.2 Å². The molecule has 1 aliphatic heterocycles. The Morgan fingerprint density at radius 3 is 2.23 bits per heavy atom. The van der Waals surface area contributed by atoms with E-state index in [1.807, 2.05) is 102 Å². The molecule has 0 spiro atoms. The number of nitrogens with zero attached hydrogens (tertiary/aromatic N) is 5. The molecule has 6 rings (SSSR count). The Morgan fingerprint density at radius 2 is 1.55 bits per heavy atom. The fourth-order valence-corrected chi connectivity index (χ4v) is 5.29. The van der Waals surface area contributed by atoms with Gasteiger partial charge in [0.2, 0.25) is 0 Å². The summed E-state index contributed by atoms with van der Waals surface area (Å²) in [5, 5.41) is 11.2. The highest BCUT2D eigenvalue weighted by Crippen LogP contribution is 2.32. The highest BCUT2D eigenvalue weighted by atomic mass is 32.2. The fraction of sp³-hybridized carbons (Fsp3) is 0.0909. The van der Waals surface area contributed by atoms with Crippen molar-refractivity contribution in [1.82, 2.24) is 14.8 Å². The first-order valence-corrected chi connectivity index (χ1v) is 14.2. The van der Waals surface area contributed by atoms with Crippen molar-refractivity contribution in [1.29, 1.82) is 0 Å². The van der Waals surface area contributed by atoms with Crippen LogP contribution in [0.15, 0.2) is 131 Å². The summed E-state index contributed by atoms with van der Waals surface area (Å²) in [6, 6.07) is 31.7. The predicted molar refractivity (Wildman–Crippen MR) is 163 cm³/mol. The van der Waals surface area contributed by atoms with Gasteiger partial charge in [0.15, 0.2) is 0 Å². The maximum Gasteiger partial charge on any atom is 0.281 e. The minimum atomic E-state index is -0.199. The van der Waals surface area contributed by atoms with Gasteiger partial charge in [-0.3, -0.25) is 9.78 Å². The Kier molecular flexibility index (Phi) is 7.37. The number of amides is 1. The molecule has 1 aliphatic rings. The second-order valence-corrected chi connectivity index (χ2v) is 10.5. The van der Waals surface area contributed by atoms with E-state index in [1.54, 1.807) is 12.4 Å². The SMILES string of the molecule is CCCSc1ccc(-c2nn(-c3ccccc3)cc2C=C2C(=O)N(c3ccccc3)N=C2c2cccnc2)cc1. The van der Waals surface area contributed by atoms with Crippen LogP contribution in [0.4, 0.5) is 5.69 Å². The molecule has 7 heteroatoms. The van der Waals surface area contributed by atoms with Crippen molar-refractivity contribution in [3.8, 4) is 16.9 Å². The first-order chi connectivity index (χ1) is 19.7. The first kappa shape index (κ1) is 25.5. The zero-order chi connectivity index (χ0) is 27.3. The van der Waals surface area contributed by atoms with Crippen molar-refractivity contribution in [3.05, 3.63) is 132 Å². The van der Waals surface area contributed by atoms with Gasteiger partial charge in [0.1, 0.15) is 5.71 Å². The van der Waals surface area contributed by atoms with E-state index >= 15 is 0 Å². The number of benzene rings is 3. The summed E-state index contributed by atoms with van der Waals surface area (Å²) < 4.78 is 1.86. The Bertz CT molecular complexity index is 1680. The van der Waals surface area contributed by atoms with Crippen LogP contribution in [0.2, 0.25) is 0 Å². The molecule has 0 bridgehead atoms. The van der Waals surface area contributed by atoms with Crippen LogP contribution in [0.25, 0.3) is 23.0 Å². The molecule has 0 aliphatic carbocycles. The summed E-state index contributed by atoms with van der Waals surface area (Å²) in [4.78, 5) is 19.4. The second-order valence-electron chi connectivity index (χ2n) is 9.29. The van der Waals surface area contributed by atoms with Gasteiger partial charge in [-0.25, -0.2) is 4.68 Å². The number of carbonyl (C=O) groups is 1. The molecule has 3 aromatic carbocycles. The topological polar surface area (TPSA) is 63.4 Å². The lowest BCUT2D eigenvalue weighted by atomic mass is 10.00. The summed E-state index contributed by atoms with van der Waals surface area (Å²) in [5.41, 5.74) is 6.08. The van der Waals surface area contributed by atoms with Crippen LogP contribution < -0.4 is 5.01 Å². The maximum atomic E-state index is 13.9. The van der Waals surface area contributed by atoms with E-state index in [0.717, 1.165) is 40.2 Å². The molecule has 0 N–H and O–H groups in total. The molecule has 1 amide bonds. The van der Waals surface area contributed by atoms with Gasteiger partial charge in [-0.2, -0.15) is 15.2 Å². The Morgan fingerprint density at radius 1 is 0.825 bits per heavy atom. The molecular formula is C33H27N5OS. The van der Waals surface area contributed by atoms with Crippen molar-refractivity contribution in [2.75, 3.05) is 10.8 Å². The molecule has 196 valence electrons. The number of rotatable bonds is 8. The second kappa shape index (κ2) is 11.6. The van der Waals surface area contributed by atoms with E-state index in [4.69, 9.17) is 10.2 Å². The molecule has 40 heavy (non-hydrogen) atoms. The summed E-state index contributed by atoms with van der Waals surface area (Å²) in [6.45, 7) is 2.18. The third-order valence-electron chi connectivity index (χ3n) is 6.48. The summed E-state index contributed by atoms with van der Waals surface area (Å²) in [6.07, 6.45) is 8.44. The molecule has 0 radical (unpaired) electrons. The Hall–Kier alpha value is -4.75. The zero-order valence-corrected chi connectivity index (χ0v) is 22.8.